The predicted octanol–water partition coefficient (Wildman–Crippen LogP) is 4.66. The lowest BCUT2D eigenvalue weighted by Gasteiger charge is -2.33. The Hall–Kier alpha value is -2.15. The molecule has 1 N–H and O–H groups in total. The molecule has 1 saturated heterocycles. The summed E-state index contributed by atoms with van der Waals surface area (Å²) in [5.74, 6) is 0.724. The minimum absolute atomic E-state index is 0.454. The first-order chi connectivity index (χ1) is 13.9. The van der Waals surface area contributed by atoms with Crippen LogP contribution < -0.4 is 14.2 Å². The summed E-state index contributed by atoms with van der Waals surface area (Å²) in [6.07, 6.45) is 1.33. The van der Waals surface area contributed by atoms with Gasteiger partial charge < -0.3 is 19.3 Å². The number of methoxy groups -OCH3 is 3. The molecular formula is C21H23Cl2NO5. The molecule has 156 valence electrons. The Kier molecular flexibility index (Phi) is 6.77. The van der Waals surface area contributed by atoms with Crippen LogP contribution in [0, 0.1) is 0 Å². The summed E-state index contributed by atoms with van der Waals surface area (Å²) in [4.78, 5) is 13.9. The number of hydrogen-bond acceptors (Lipinski definition) is 5. The van der Waals surface area contributed by atoms with Crippen molar-refractivity contribution >= 4 is 29.2 Å². The fourth-order valence-corrected chi connectivity index (χ4v) is 4.39. The van der Waals surface area contributed by atoms with Crippen molar-refractivity contribution in [3.05, 3.63) is 51.5 Å². The van der Waals surface area contributed by atoms with E-state index < -0.39 is 18.1 Å². The van der Waals surface area contributed by atoms with Gasteiger partial charge in [-0.1, -0.05) is 29.3 Å². The molecule has 0 bridgehead atoms. The summed E-state index contributed by atoms with van der Waals surface area (Å²) in [6, 6.07) is 7.67. The number of rotatable bonds is 7. The summed E-state index contributed by atoms with van der Waals surface area (Å²) < 4.78 is 16.5. The van der Waals surface area contributed by atoms with Crippen LogP contribution in [0.15, 0.2) is 30.3 Å². The van der Waals surface area contributed by atoms with Crippen LogP contribution in [0.3, 0.4) is 0 Å². The molecule has 1 aliphatic rings. The monoisotopic (exact) mass is 439 g/mol. The minimum Gasteiger partial charge on any atom is -0.496 e. The number of hydrogen-bond donors (Lipinski definition) is 1. The van der Waals surface area contributed by atoms with Gasteiger partial charge in [0.15, 0.2) is 11.5 Å². The summed E-state index contributed by atoms with van der Waals surface area (Å²) >= 11 is 12.7. The molecule has 0 aromatic heterocycles. The van der Waals surface area contributed by atoms with Gasteiger partial charge in [-0.2, -0.15) is 0 Å². The lowest BCUT2D eigenvalue weighted by molar-refractivity contribution is -0.142. The van der Waals surface area contributed by atoms with Crippen LogP contribution >= 0.6 is 23.2 Å². The average molecular weight is 440 g/mol. The standard InChI is InChI=1S/C21H23Cl2NO5/c1-27-17-11-19(29-3)18(28-2)10-14(17)20(13-7-6-12(22)9-15(13)23)24-8-4-5-16(24)21(25)26/h6-7,9-11,16,20H,4-5,8H2,1-3H3,(H,25,26). The third-order valence-electron chi connectivity index (χ3n) is 5.20. The lowest BCUT2D eigenvalue weighted by atomic mass is 9.94. The second-order valence-electron chi connectivity index (χ2n) is 6.75. The Bertz CT molecular complexity index is 905. The van der Waals surface area contributed by atoms with Crippen molar-refractivity contribution in [2.45, 2.75) is 24.9 Å². The number of carboxylic acid groups (broad SMARTS) is 1. The Morgan fingerprint density at radius 2 is 1.69 bits per heavy atom. The van der Waals surface area contributed by atoms with Gasteiger partial charge in [0.1, 0.15) is 11.8 Å². The number of carboxylic acids is 1. The Balaban J connectivity index is 2.24. The van der Waals surface area contributed by atoms with Crippen molar-refractivity contribution in [2.75, 3.05) is 27.9 Å². The molecule has 1 fully saturated rings. The van der Waals surface area contributed by atoms with E-state index in [0.717, 1.165) is 17.5 Å². The molecule has 0 radical (unpaired) electrons. The molecule has 1 heterocycles. The van der Waals surface area contributed by atoms with Gasteiger partial charge in [-0.15, -0.1) is 0 Å². The largest absolute Gasteiger partial charge is 0.496 e. The van der Waals surface area contributed by atoms with E-state index in [2.05, 4.69) is 0 Å². The molecule has 8 heteroatoms. The summed E-state index contributed by atoms with van der Waals surface area (Å²) in [7, 11) is 4.66. The van der Waals surface area contributed by atoms with Crippen molar-refractivity contribution in [3.63, 3.8) is 0 Å². The van der Waals surface area contributed by atoms with Crippen LogP contribution in [0.25, 0.3) is 0 Å². The molecule has 2 aromatic rings. The quantitative estimate of drug-likeness (QED) is 0.676. The summed E-state index contributed by atoms with van der Waals surface area (Å²) in [6.45, 7) is 0.609. The molecule has 6 nitrogen and oxygen atoms in total. The van der Waals surface area contributed by atoms with Crippen LogP contribution in [0.4, 0.5) is 0 Å². The van der Waals surface area contributed by atoms with Crippen LogP contribution in [0.5, 0.6) is 17.2 Å². The van der Waals surface area contributed by atoms with Crippen LogP contribution in [0.2, 0.25) is 10.0 Å². The second kappa shape index (κ2) is 9.11. The van der Waals surface area contributed by atoms with Crippen molar-refractivity contribution in [3.8, 4) is 17.2 Å². The lowest BCUT2D eigenvalue weighted by Crippen LogP contribution is -2.39. The van der Waals surface area contributed by atoms with Crippen molar-refractivity contribution in [2.24, 2.45) is 0 Å². The number of ether oxygens (including phenoxy) is 3. The van der Waals surface area contributed by atoms with E-state index in [0.29, 0.717) is 40.3 Å². The molecule has 0 amide bonds. The van der Waals surface area contributed by atoms with Crippen molar-refractivity contribution < 1.29 is 24.1 Å². The molecule has 3 rings (SSSR count). The first-order valence-electron chi connectivity index (χ1n) is 9.14. The van der Waals surface area contributed by atoms with Gasteiger partial charge in [0.2, 0.25) is 0 Å². The van der Waals surface area contributed by atoms with E-state index in [9.17, 15) is 9.90 Å². The zero-order valence-electron chi connectivity index (χ0n) is 16.4. The van der Waals surface area contributed by atoms with Gasteiger partial charge in [0.25, 0.3) is 0 Å². The van der Waals surface area contributed by atoms with E-state index in [1.807, 2.05) is 17.0 Å². The zero-order chi connectivity index (χ0) is 21.1. The number of halogens is 2. The van der Waals surface area contributed by atoms with Crippen LogP contribution in [-0.4, -0.2) is 49.9 Å². The van der Waals surface area contributed by atoms with Gasteiger partial charge in [0.05, 0.1) is 27.4 Å². The predicted molar refractivity (Wildman–Crippen MR) is 112 cm³/mol. The van der Waals surface area contributed by atoms with Crippen molar-refractivity contribution in [1.82, 2.24) is 4.90 Å². The zero-order valence-corrected chi connectivity index (χ0v) is 18.0. The molecule has 2 aromatic carbocycles. The van der Waals surface area contributed by atoms with Crippen LogP contribution in [-0.2, 0) is 4.79 Å². The number of nitrogens with zero attached hydrogens (tertiary/aromatic N) is 1. The topological polar surface area (TPSA) is 68.2 Å². The van der Waals surface area contributed by atoms with Gasteiger partial charge in [-0.25, -0.2) is 0 Å². The maximum Gasteiger partial charge on any atom is 0.320 e. The normalized spacial score (nSPS) is 17.8. The first kappa shape index (κ1) is 21.6. The first-order valence-corrected chi connectivity index (χ1v) is 9.90. The highest BCUT2D eigenvalue weighted by molar-refractivity contribution is 6.35. The van der Waals surface area contributed by atoms with E-state index in [-0.39, 0.29) is 0 Å². The van der Waals surface area contributed by atoms with Gasteiger partial charge >= 0.3 is 5.97 Å². The van der Waals surface area contributed by atoms with Gasteiger partial charge in [-0.3, -0.25) is 9.69 Å². The second-order valence-corrected chi connectivity index (χ2v) is 7.60. The number of aliphatic carboxylic acids is 1. The molecule has 1 aliphatic heterocycles. The number of benzene rings is 2. The fourth-order valence-electron chi connectivity index (χ4n) is 3.88. The molecule has 29 heavy (non-hydrogen) atoms. The number of likely N-dealkylation sites (tertiary alicyclic amines) is 1. The third kappa shape index (κ3) is 4.25. The maximum absolute atomic E-state index is 11.9. The Labute approximate surface area is 179 Å². The highest BCUT2D eigenvalue weighted by Crippen LogP contribution is 2.45. The van der Waals surface area contributed by atoms with Crippen LogP contribution in [0.1, 0.15) is 30.0 Å². The Morgan fingerprint density at radius 1 is 1.03 bits per heavy atom. The third-order valence-corrected chi connectivity index (χ3v) is 5.76. The highest BCUT2D eigenvalue weighted by Gasteiger charge is 2.39. The van der Waals surface area contributed by atoms with E-state index in [1.54, 1.807) is 39.5 Å². The van der Waals surface area contributed by atoms with E-state index in [1.165, 1.54) is 0 Å². The Morgan fingerprint density at radius 3 is 2.28 bits per heavy atom. The summed E-state index contributed by atoms with van der Waals surface area (Å²) in [5, 5.41) is 10.7. The van der Waals surface area contributed by atoms with E-state index >= 15 is 0 Å². The van der Waals surface area contributed by atoms with Gasteiger partial charge in [-0.05, 0) is 36.6 Å². The molecule has 0 aliphatic carbocycles. The average Bonchev–Trinajstić information content (AvgIpc) is 3.19. The molecular weight excluding hydrogens is 417 g/mol. The van der Waals surface area contributed by atoms with Gasteiger partial charge in [0, 0.05) is 28.2 Å². The molecule has 2 unspecified atom stereocenters. The fraction of sp³-hybridized carbons (Fsp3) is 0.381. The maximum atomic E-state index is 11.9. The SMILES string of the molecule is COc1cc(OC)c(C(c2ccc(Cl)cc2Cl)N2CCCC2C(=O)O)cc1OC. The highest BCUT2D eigenvalue weighted by atomic mass is 35.5. The van der Waals surface area contributed by atoms with E-state index in [4.69, 9.17) is 37.4 Å². The minimum atomic E-state index is -0.864. The molecule has 0 spiro atoms. The smallest absolute Gasteiger partial charge is 0.320 e. The summed E-state index contributed by atoms with van der Waals surface area (Å²) in [5.41, 5.74) is 1.48. The van der Waals surface area contributed by atoms with Crippen molar-refractivity contribution in [1.29, 1.82) is 0 Å². The molecule has 0 saturated carbocycles. The molecule has 2 atom stereocenters. The number of carbonyl (C=O) groups is 1.